The Kier molecular flexibility index (Phi) is 4.16. The Labute approximate surface area is 117 Å². The summed E-state index contributed by atoms with van der Waals surface area (Å²) in [6.07, 6.45) is 0. The zero-order chi connectivity index (χ0) is 14.5. The van der Waals surface area contributed by atoms with Crippen molar-refractivity contribution in [3.8, 4) is 6.07 Å². The number of fused-ring (bicyclic) bond motifs is 1. The van der Waals surface area contributed by atoms with E-state index in [-0.39, 0.29) is 12.5 Å². The molecule has 0 atom stereocenters. The van der Waals surface area contributed by atoms with Gasteiger partial charge in [0.25, 0.3) is 0 Å². The van der Waals surface area contributed by atoms with Crippen LogP contribution in [0.2, 0.25) is 0 Å². The maximum Gasteiger partial charge on any atom is 0.239 e. The lowest BCUT2D eigenvalue weighted by atomic mass is 10.1. The number of benzene rings is 1. The van der Waals surface area contributed by atoms with Crippen molar-refractivity contribution in [3.05, 3.63) is 35.9 Å². The first-order chi connectivity index (χ1) is 9.65. The summed E-state index contributed by atoms with van der Waals surface area (Å²) in [5.41, 5.74) is 1.28. The fourth-order valence-corrected chi connectivity index (χ4v) is 2.02. The number of hydrogen-bond acceptors (Lipinski definition) is 4. The van der Waals surface area contributed by atoms with Gasteiger partial charge in [-0.15, -0.1) is 0 Å². The number of nitrogens with one attached hydrogen (secondary N) is 1. The number of hydrogen-bond donors (Lipinski definition) is 1. The van der Waals surface area contributed by atoms with E-state index in [9.17, 15) is 10.1 Å². The van der Waals surface area contributed by atoms with Gasteiger partial charge in [0.1, 0.15) is 11.9 Å². The van der Waals surface area contributed by atoms with Gasteiger partial charge in [0.05, 0.1) is 17.6 Å². The number of anilines is 1. The predicted molar refractivity (Wildman–Crippen MR) is 78.4 cm³/mol. The van der Waals surface area contributed by atoms with Gasteiger partial charge in [0.15, 0.2) is 0 Å². The number of pyridine rings is 1. The highest BCUT2D eigenvalue weighted by Gasteiger charge is 2.13. The van der Waals surface area contributed by atoms with Crippen molar-refractivity contribution in [3.63, 3.8) is 0 Å². The Hall–Kier alpha value is -2.61. The van der Waals surface area contributed by atoms with Crippen molar-refractivity contribution in [1.29, 1.82) is 5.26 Å². The van der Waals surface area contributed by atoms with Crippen LogP contribution in [-0.4, -0.2) is 31.0 Å². The molecule has 1 aromatic heterocycles. The van der Waals surface area contributed by atoms with Crippen LogP contribution in [-0.2, 0) is 4.79 Å². The second-order valence-corrected chi connectivity index (χ2v) is 4.47. The molecule has 1 heterocycles. The number of nitrogens with zero attached hydrogens (tertiary/aromatic N) is 3. The largest absolute Gasteiger partial charge is 0.355 e. The fourth-order valence-electron chi connectivity index (χ4n) is 2.02. The van der Waals surface area contributed by atoms with E-state index in [1.54, 1.807) is 18.0 Å². The Morgan fingerprint density at radius 2 is 2.20 bits per heavy atom. The van der Waals surface area contributed by atoms with E-state index in [2.05, 4.69) is 16.4 Å². The van der Waals surface area contributed by atoms with E-state index in [4.69, 9.17) is 0 Å². The summed E-state index contributed by atoms with van der Waals surface area (Å²) in [5, 5.41) is 12.9. The number of para-hydroxylation sites is 1. The topological polar surface area (TPSA) is 69.0 Å². The molecule has 0 bridgehead atoms. The SMILES string of the molecule is CCNC(=O)CN(C)c1nc2ccccc2cc1C#N. The summed E-state index contributed by atoms with van der Waals surface area (Å²) in [6.45, 7) is 2.63. The molecule has 0 fully saturated rings. The molecule has 0 spiro atoms. The molecule has 0 radical (unpaired) electrons. The van der Waals surface area contributed by atoms with Gasteiger partial charge >= 0.3 is 0 Å². The molecule has 1 N–H and O–H groups in total. The average Bonchev–Trinajstić information content (AvgIpc) is 2.45. The highest BCUT2D eigenvalue weighted by Crippen LogP contribution is 2.22. The van der Waals surface area contributed by atoms with Gasteiger partial charge < -0.3 is 10.2 Å². The normalized spacial score (nSPS) is 10.1. The summed E-state index contributed by atoms with van der Waals surface area (Å²) in [7, 11) is 1.76. The van der Waals surface area contributed by atoms with Crippen LogP contribution in [0.4, 0.5) is 5.82 Å². The monoisotopic (exact) mass is 268 g/mol. The first-order valence-corrected chi connectivity index (χ1v) is 6.43. The van der Waals surface area contributed by atoms with Crippen LogP contribution in [0.5, 0.6) is 0 Å². The van der Waals surface area contributed by atoms with Crippen LogP contribution in [0.3, 0.4) is 0 Å². The Balaban J connectivity index is 2.37. The fraction of sp³-hybridized carbons (Fsp3) is 0.267. The Bertz CT molecular complexity index is 675. The first kappa shape index (κ1) is 13.8. The molecule has 0 saturated heterocycles. The van der Waals surface area contributed by atoms with Crippen molar-refractivity contribution >= 4 is 22.6 Å². The maximum atomic E-state index is 11.6. The van der Waals surface area contributed by atoms with Crippen LogP contribution < -0.4 is 10.2 Å². The molecule has 0 unspecified atom stereocenters. The Morgan fingerprint density at radius 3 is 2.90 bits per heavy atom. The predicted octanol–water partition coefficient (Wildman–Crippen LogP) is 1.68. The number of carbonyl (C=O) groups excluding carboxylic acids is 1. The minimum atomic E-state index is -0.0890. The van der Waals surface area contributed by atoms with E-state index in [1.165, 1.54) is 0 Å². The molecule has 2 rings (SSSR count). The second kappa shape index (κ2) is 6.02. The highest BCUT2D eigenvalue weighted by molar-refractivity contribution is 5.85. The summed E-state index contributed by atoms with van der Waals surface area (Å²) in [6, 6.07) is 11.5. The standard InChI is InChI=1S/C15H16N4O/c1-3-17-14(20)10-19(2)15-12(9-16)8-11-6-4-5-7-13(11)18-15/h4-8H,3,10H2,1-2H3,(H,17,20). The van der Waals surface area contributed by atoms with Crippen LogP contribution in [0.15, 0.2) is 30.3 Å². The van der Waals surface area contributed by atoms with E-state index in [0.717, 1.165) is 10.9 Å². The summed E-state index contributed by atoms with van der Waals surface area (Å²) < 4.78 is 0. The van der Waals surface area contributed by atoms with Crippen molar-refractivity contribution in [2.75, 3.05) is 25.0 Å². The molecule has 5 heteroatoms. The zero-order valence-corrected chi connectivity index (χ0v) is 11.6. The number of nitriles is 1. The van der Waals surface area contributed by atoms with Crippen molar-refractivity contribution in [1.82, 2.24) is 10.3 Å². The number of rotatable bonds is 4. The molecule has 0 aliphatic carbocycles. The smallest absolute Gasteiger partial charge is 0.239 e. The lowest BCUT2D eigenvalue weighted by Crippen LogP contribution is -2.35. The van der Waals surface area contributed by atoms with Crippen molar-refractivity contribution in [2.45, 2.75) is 6.92 Å². The minimum Gasteiger partial charge on any atom is -0.355 e. The van der Waals surface area contributed by atoms with E-state index < -0.39 is 0 Å². The number of aromatic nitrogens is 1. The number of carbonyl (C=O) groups is 1. The molecule has 0 aliphatic heterocycles. The number of amides is 1. The molecule has 0 saturated carbocycles. The third-order valence-electron chi connectivity index (χ3n) is 2.94. The quantitative estimate of drug-likeness (QED) is 0.916. The van der Waals surface area contributed by atoms with Gasteiger partial charge in [-0.3, -0.25) is 4.79 Å². The molecular weight excluding hydrogens is 252 g/mol. The van der Waals surface area contributed by atoms with Gasteiger partial charge in [-0.2, -0.15) is 5.26 Å². The minimum absolute atomic E-state index is 0.0890. The lowest BCUT2D eigenvalue weighted by molar-refractivity contribution is -0.119. The van der Waals surface area contributed by atoms with Gasteiger partial charge in [-0.1, -0.05) is 18.2 Å². The molecule has 1 amide bonds. The van der Waals surface area contributed by atoms with Crippen molar-refractivity contribution < 1.29 is 4.79 Å². The highest BCUT2D eigenvalue weighted by atomic mass is 16.2. The third-order valence-corrected chi connectivity index (χ3v) is 2.94. The van der Waals surface area contributed by atoms with Crippen LogP contribution >= 0.6 is 0 Å². The molecule has 5 nitrogen and oxygen atoms in total. The molecule has 2 aromatic rings. The average molecular weight is 268 g/mol. The van der Waals surface area contributed by atoms with Gasteiger partial charge in [-0.25, -0.2) is 4.98 Å². The van der Waals surface area contributed by atoms with Gasteiger partial charge in [0.2, 0.25) is 5.91 Å². The maximum absolute atomic E-state index is 11.6. The molecule has 102 valence electrons. The molecule has 20 heavy (non-hydrogen) atoms. The zero-order valence-electron chi connectivity index (χ0n) is 11.6. The van der Waals surface area contributed by atoms with Gasteiger partial charge in [-0.05, 0) is 19.1 Å². The molecular formula is C15H16N4O. The summed E-state index contributed by atoms with van der Waals surface area (Å²) >= 11 is 0. The number of likely N-dealkylation sites (N-methyl/N-ethyl adjacent to an activating group) is 2. The molecule has 0 aliphatic rings. The van der Waals surface area contributed by atoms with Crippen LogP contribution in [0, 0.1) is 11.3 Å². The van der Waals surface area contributed by atoms with Crippen LogP contribution in [0.25, 0.3) is 10.9 Å². The lowest BCUT2D eigenvalue weighted by Gasteiger charge is -2.19. The van der Waals surface area contributed by atoms with Gasteiger partial charge in [0, 0.05) is 19.0 Å². The summed E-state index contributed by atoms with van der Waals surface area (Å²) in [5.74, 6) is 0.436. The first-order valence-electron chi connectivity index (χ1n) is 6.43. The third kappa shape index (κ3) is 2.86. The summed E-state index contributed by atoms with van der Waals surface area (Å²) in [4.78, 5) is 17.8. The second-order valence-electron chi connectivity index (χ2n) is 4.47. The molecule has 1 aromatic carbocycles. The Morgan fingerprint density at radius 1 is 1.45 bits per heavy atom. The van der Waals surface area contributed by atoms with E-state index >= 15 is 0 Å². The van der Waals surface area contributed by atoms with Crippen molar-refractivity contribution in [2.24, 2.45) is 0 Å². The van der Waals surface area contributed by atoms with E-state index in [1.807, 2.05) is 31.2 Å². The van der Waals surface area contributed by atoms with E-state index in [0.29, 0.717) is 17.9 Å². The van der Waals surface area contributed by atoms with Crippen LogP contribution in [0.1, 0.15) is 12.5 Å².